The highest BCUT2D eigenvalue weighted by Crippen LogP contribution is 2.30. The highest BCUT2D eigenvalue weighted by Gasteiger charge is 2.33. The van der Waals surface area contributed by atoms with Crippen molar-refractivity contribution in [1.82, 2.24) is 9.80 Å². The average molecular weight is 273 g/mol. The van der Waals surface area contributed by atoms with Crippen LogP contribution in [0.4, 0.5) is 4.79 Å². The lowest BCUT2D eigenvalue weighted by Crippen LogP contribution is -2.59. The molecule has 3 rings (SSSR count). The standard InChI is InChI=1S/C16H23N3O/c17-15-11-18(9-8-13-4-2-1-3-5-13)16(20)19(12-15)10-14-6-7-14/h1-5,14-15H,6-12,17H2. The average Bonchev–Trinajstić information content (AvgIpc) is 3.26. The Bertz CT molecular complexity index is 456. The van der Waals surface area contributed by atoms with Crippen LogP contribution >= 0.6 is 0 Å². The van der Waals surface area contributed by atoms with Gasteiger partial charge in [-0.1, -0.05) is 30.3 Å². The molecule has 0 spiro atoms. The molecule has 1 aromatic carbocycles. The Kier molecular flexibility index (Phi) is 3.92. The van der Waals surface area contributed by atoms with Crippen molar-refractivity contribution in [2.45, 2.75) is 25.3 Å². The zero-order valence-corrected chi connectivity index (χ0v) is 11.9. The molecular weight excluding hydrogens is 250 g/mol. The first kappa shape index (κ1) is 13.4. The van der Waals surface area contributed by atoms with Crippen molar-refractivity contribution >= 4 is 6.03 Å². The molecule has 2 fully saturated rings. The number of rotatable bonds is 5. The minimum Gasteiger partial charge on any atom is -0.325 e. The van der Waals surface area contributed by atoms with Gasteiger partial charge in [0, 0.05) is 32.2 Å². The van der Waals surface area contributed by atoms with Crippen LogP contribution in [0.3, 0.4) is 0 Å². The number of nitrogens with two attached hydrogens (primary N) is 1. The zero-order valence-electron chi connectivity index (χ0n) is 11.9. The van der Waals surface area contributed by atoms with E-state index in [2.05, 4.69) is 12.1 Å². The number of urea groups is 1. The molecule has 1 aliphatic carbocycles. The molecule has 0 aromatic heterocycles. The summed E-state index contributed by atoms with van der Waals surface area (Å²) in [7, 11) is 0. The molecule has 1 aliphatic heterocycles. The molecule has 1 saturated carbocycles. The maximum atomic E-state index is 12.5. The van der Waals surface area contributed by atoms with E-state index in [0.717, 1.165) is 32.0 Å². The van der Waals surface area contributed by atoms with E-state index in [4.69, 9.17) is 5.73 Å². The van der Waals surface area contributed by atoms with Gasteiger partial charge in [-0.3, -0.25) is 0 Å². The van der Waals surface area contributed by atoms with Gasteiger partial charge >= 0.3 is 6.03 Å². The van der Waals surface area contributed by atoms with Crippen molar-refractivity contribution in [3.8, 4) is 0 Å². The molecule has 2 aliphatic rings. The van der Waals surface area contributed by atoms with E-state index in [0.29, 0.717) is 6.54 Å². The van der Waals surface area contributed by atoms with Gasteiger partial charge in [0.1, 0.15) is 0 Å². The summed E-state index contributed by atoms with van der Waals surface area (Å²) in [6.45, 7) is 3.07. The minimum atomic E-state index is 0.0854. The first-order valence-corrected chi connectivity index (χ1v) is 7.56. The van der Waals surface area contributed by atoms with Crippen LogP contribution in [-0.4, -0.2) is 48.1 Å². The van der Waals surface area contributed by atoms with Gasteiger partial charge in [-0.25, -0.2) is 4.79 Å². The third-order valence-electron chi connectivity index (χ3n) is 4.14. The van der Waals surface area contributed by atoms with Gasteiger partial charge in [0.05, 0.1) is 0 Å². The number of benzene rings is 1. The van der Waals surface area contributed by atoms with Crippen LogP contribution < -0.4 is 5.73 Å². The molecule has 1 heterocycles. The van der Waals surface area contributed by atoms with Gasteiger partial charge in [0.25, 0.3) is 0 Å². The fourth-order valence-corrected chi connectivity index (χ4v) is 2.84. The van der Waals surface area contributed by atoms with Gasteiger partial charge in [-0.15, -0.1) is 0 Å². The van der Waals surface area contributed by atoms with Crippen LogP contribution in [0, 0.1) is 5.92 Å². The highest BCUT2D eigenvalue weighted by atomic mass is 16.2. The molecule has 1 aromatic rings. The Morgan fingerprint density at radius 2 is 1.80 bits per heavy atom. The van der Waals surface area contributed by atoms with Crippen LogP contribution in [0.5, 0.6) is 0 Å². The molecule has 1 unspecified atom stereocenters. The van der Waals surface area contributed by atoms with Gasteiger partial charge in [0.15, 0.2) is 0 Å². The SMILES string of the molecule is NC1CN(CCc2ccccc2)C(=O)N(CC2CC2)C1. The highest BCUT2D eigenvalue weighted by molar-refractivity contribution is 5.75. The van der Waals surface area contributed by atoms with Crippen molar-refractivity contribution in [2.75, 3.05) is 26.2 Å². The Balaban J connectivity index is 1.57. The Hall–Kier alpha value is -1.55. The van der Waals surface area contributed by atoms with E-state index in [1.807, 2.05) is 28.0 Å². The van der Waals surface area contributed by atoms with E-state index in [1.165, 1.54) is 18.4 Å². The Labute approximate surface area is 120 Å². The molecule has 4 heteroatoms. The van der Waals surface area contributed by atoms with Crippen LogP contribution in [0.15, 0.2) is 30.3 Å². The molecule has 108 valence electrons. The molecule has 1 saturated heterocycles. The summed E-state index contributed by atoms with van der Waals surface area (Å²) < 4.78 is 0. The Morgan fingerprint density at radius 1 is 1.10 bits per heavy atom. The second-order valence-corrected chi connectivity index (χ2v) is 6.07. The summed E-state index contributed by atoms with van der Waals surface area (Å²) in [6, 6.07) is 10.6. The topological polar surface area (TPSA) is 49.6 Å². The molecule has 20 heavy (non-hydrogen) atoms. The molecule has 0 bridgehead atoms. The quantitative estimate of drug-likeness (QED) is 0.888. The zero-order chi connectivity index (χ0) is 13.9. The second-order valence-electron chi connectivity index (χ2n) is 6.07. The summed E-state index contributed by atoms with van der Waals surface area (Å²) in [5, 5.41) is 0. The molecule has 4 nitrogen and oxygen atoms in total. The van der Waals surface area contributed by atoms with Crippen molar-refractivity contribution in [2.24, 2.45) is 11.7 Å². The molecular formula is C16H23N3O. The first-order valence-electron chi connectivity index (χ1n) is 7.56. The first-order chi connectivity index (χ1) is 9.72. The largest absolute Gasteiger partial charge is 0.325 e. The van der Waals surface area contributed by atoms with E-state index < -0.39 is 0 Å². The molecule has 1 atom stereocenters. The fourth-order valence-electron chi connectivity index (χ4n) is 2.84. The lowest BCUT2D eigenvalue weighted by Gasteiger charge is -2.39. The Morgan fingerprint density at radius 3 is 2.50 bits per heavy atom. The van der Waals surface area contributed by atoms with E-state index in [-0.39, 0.29) is 12.1 Å². The summed E-state index contributed by atoms with van der Waals surface area (Å²) >= 11 is 0. The number of hydrogen-bond donors (Lipinski definition) is 1. The number of amides is 2. The second kappa shape index (κ2) is 5.83. The van der Waals surface area contributed by atoms with Crippen LogP contribution in [0.25, 0.3) is 0 Å². The lowest BCUT2D eigenvalue weighted by atomic mass is 10.1. The minimum absolute atomic E-state index is 0.0854. The molecule has 2 amide bonds. The fraction of sp³-hybridized carbons (Fsp3) is 0.562. The van der Waals surface area contributed by atoms with E-state index in [9.17, 15) is 4.79 Å². The number of carbonyl (C=O) groups excluding carboxylic acids is 1. The lowest BCUT2D eigenvalue weighted by molar-refractivity contribution is 0.119. The summed E-state index contributed by atoms with van der Waals surface area (Å²) in [4.78, 5) is 16.3. The normalized spacial score (nSPS) is 23.2. The number of hydrogen-bond acceptors (Lipinski definition) is 2. The molecule has 0 radical (unpaired) electrons. The predicted octanol–water partition coefficient (Wildman–Crippen LogP) is 1.70. The van der Waals surface area contributed by atoms with Crippen LogP contribution in [0.1, 0.15) is 18.4 Å². The monoisotopic (exact) mass is 273 g/mol. The van der Waals surface area contributed by atoms with Gasteiger partial charge in [0.2, 0.25) is 0 Å². The van der Waals surface area contributed by atoms with E-state index >= 15 is 0 Å². The molecule has 2 N–H and O–H groups in total. The van der Waals surface area contributed by atoms with Crippen molar-refractivity contribution in [3.63, 3.8) is 0 Å². The number of nitrogens with zero attached hydrogens (tertiary/aromatic N) is 2. The van der Waals surface area contributed by atoms with E-state index in [1.54, 1.807) is 0 Å². The van der Waals surface area contributed by atoms with Crippen molar-refractivity contribution in [1.29, 1.82) is 0 Å². The third-order valence-corrected chi connectivity index (χ3v) is 4.14. The summed E-state index contributed by atoms with van der Waals surface area (Å²) in [6.07, 6.45) is 3.43. The summed E-state index contributed by atoms with van der Waals surface area (Å²) in [5.74, 6) is 0.722. The van der Waals surface area contributed by atoms with Gasteiger partial charge in [-0.2, -0.15) is 0 Å². The smallest absolute Gasteiger partial charge is 0.320 e. The maximum Gasteiger partial charge on any atom is 0.320 e. The third kappa shape index (κ3) is 3.31. The maximum absolute atomic E-state index is 12.5. The van der Waals surface area contributed by atoms with Gasteiger partial charge in [-0.05, 0) is 30.7 Å². The van der Waals surface area contributed by atoms with Gasteiger partial charge < -0.3 is 15.5 Å². The number of carbonyl (C=O) groups is 1. The van der Waals surface area contributed by atoms with Crippen molar-refractivity contribution < 1.29 is 4.79 Å². The van der Waals surface area contributed by atoms with Crippen molar-refractivity contribution in [3.05, 3.63) is 35.9 Å². The van der Waals surface area contributed by atoms with Crippen LogP contribution in [-0.2, 0) is 6.42 Å². The summed E-state index contributed by atoms with van der Waals surface area (Å²) in [5.41, 5.74) is 7.38. The predicted molar refractivity (Wildman–Crippen MR) is 79.4 cm³/mol. The van der Waals surface area contributed by atoms with Crippen LogP contribution in [0.2, 0.25) is 0 Å².